The molecule has 3 nitrogen and oxygen atoms in total. The first-order valence-corrected chi connectivity index (χ1v) is 12.2. The number of carbonyl (C=O) groups excluding carboxylic acids is 1. The van der Waals surface area contributed by atoms with E-state index in [1.807, 2.05) is 37.3 Å². The third-order valence-electron chi connectivity index (χ3n) is 5.65. The van der Waals surface area contributed by atoms with E-state index in [4.69, 9.17) is 0 Å². The van der Waals surface area contributed by atoms with E-state index in [9.17, 15) is 9.00 Å². The predicted octanol–water partition coefficient (Wildman–Crippen LogP) is 6.46. The Balaban J connectivity index is 2.35. The Morgan fingerprint density at radius 1 is 0.900 bits per heavy atom. The lowest BCUT2D eigenvalue weighted by atomic mass is 9.89. The molecule has 0 aliphatic carbocycles. The molecule has 0 aliphatic heterocycles. The van der Waals surface area contributed by atoms with Crippen LogP contribution in [0, 0.1) is 5.92 Å². The lowest BCUT2D eigenvalue weighted by molar-refractivity contribution is -0.123. The van der Waals surface area contributed by atoms with Crippen LogP contribution in [0.15, 0.2) is 47.4 Å². The van der Waals surface area contributed by atoms with E-state index in [2.05, 4.69) is 58.4 Å². The smallest absolute Gasteiger partial charge is 0.235 e. The van der Waals surface area contributed by atoms with Gasteiger partial charge in [-0.3, -0.25) is 9.52 Å². The number of nitrogens with one attached hydrogen (secondary N) is 1. The van der Waals surface area contributed by atoms with Crippen LogP contribution in [0.3, 0.4) is 0 Å². The monoisotopic (exact) mass is 427 g/mol. The van der Waals surface area contributed by atoms with Gasteiger partial charge in [0.05, 0.1) is 4.90 Å². The van der Waals surface area contributed by atoms with Crippen molar-refractivity contribution in [3.05, 3.63) is 64.7 Å². The van der Waals surface area contributed by atoms with E-state index < -0.39 is 11.0 Å². The van der Waals surface area contributed by atoms with Crippen molar-refractivity contribution in [3.63, 3.8) is 0 Å². The number of carbonyl (C=O) groups is 1. The highest BCUT2D eigenvalue weighted by atomic mass is 32.2. The lowest BCUT2D eigenvalue weighted by Crippen LogP contribution is -2.34. The van der Waals surface area contributed by atoms with Crippen LogP contribution in [0.2, 0.25) is 0 Å². The fraction of sp³-hybridized carbons (Fsp3) is 0.500. The molecule has 4 heteroatoms. The fourth-order valence-corrected chi connectivity index (χ4v) is 5.12. The molecule has 1 amide bonds. The molecule has 164 valence electrons. The summed E-state index contributed by atoms with van der Waals surface area (Å²) in [6, 6.07) is 14.3. The molecule has 0 bridgehead atoms. The highest BCUT2D eigenvalue weighted by Gasteiger charge is 2.25. The van der Waals surface area contributed by atoms with Gasteiger partial charge >= 0.3 is 0 Å². The molecule has 0 aliphatic rings. The molecule has 2 rings (SSSR count). The summed E-state index contributed by atoms with van der Waals surface area (Å²) >= 11 is 0. The summed E-state index contributed by atoms with van der Waals surface area (Å²) in [5.41, 5.74) is 4.52. The van der Waals surface area contributed by atoms with Gasteiger partial charge in [-0.1, -0.05) is 90.9 Å². The molecule has 0 heterocycles. The Bertz CT molecular complexity index is 843. The first kappa shape index (κ1) is 24.3. The zero-order chi connectivity index (χ0) is 22.4. The van der Waals surface area contributed by atoms with Crippen LogP contribution in [0.5, 0.6) is 0 Å². The largest absolute Gasteiger partial charge is 0.274 e. The minimum atomic E-state index is -1.58. The molecule has 0 aromatic heterocycles. The number of hydrogen-bond donors (Lipinski definition) is 1. The van der Waals surface area contributed by atoms with E-state index in [1.165, 1.54) is 5.56 Å². The molecule has 30 heavy (non-hydrogen) atoms. The highest BCUT2D eigenvalue weighted by Crippen LogP contribution is 2.34. The zero-order valence-corrected chi connectivity index (χ0v) is 20.3. The highest BCUT2D eigenvalue weighted by molar-refractivity contribution is 7.83. The predicted molar refractivity (Wildman–Crippen MR) is 127 cm³/mol. The molecule has 0 radical (unpaired) electrons. The Kier molecular flexibility index (Phi) is 8.84. The minimum Gasteiger partial charge on any atom is -0.274 e. The summed E-state index contributed by atoms with van der Waals surface area (Å²) in [6.07, 6.45) is 1.36. The van der Waals surface area contributed by atoms with E-state index in [-0.39, 0.29) is 23.7 Å². The Morgan fingerprint density at radius 2 is 1.43 bits per heavy atom. The van der Waals surface area contributed by atoms with Gasteiger partial charge < -0.3 is 0 Å². The maximum atomic E-state index is 13.4. The van der Waals surface area contributed by atoms with Crippen LogP contribution in [0.1, 0.15) is 94.9 Å². The quantitative estimate of drug-likeness (QED) is 0.499. The van der Waals surface area contributed by atoms with E-state index >= 15 is 0 Å². The van der Waals surface area contributed by atoms with Crippen molar-refractivity contribution in [1.29, 1.82) is 0 Å². The molecule has 2 atom stereocenters. The van der Waals surface area contributed by atoms with Crippen LogP contribution in [-0.4, -0.2) is 10.1 Å². The van der Waals surface area contributed by atoms with E-state index in [1.54, 1.807) is 0 Å². The molecule has 0 saturated heterocycles. The summed E-state index contributed by atoms with van der Waals surface area (Å²) in [6.45, 7) is 14.8. The number of hydrogen-bond acceptors (Lipinski definition) is 2. The average molecular weight is 428 g/mol. The van der Waals surface area contributed by atoms with E-state index in [0.29, 0.717) is 18.8 Å². The topological polar surface area (TPSA) is 46.2 Å². The normalized spacial score (nSPS) is 13.7. The first-order chi connectivity index (χ1) is 14.1. The minimum absolute atomic E-state index is 0.142. The molecule has 2 unspecified atom stereocenters. The van der Waals surface area contributed by atoms with Crippen LogP contribution in [-0.2, 0) is 22.2 Å². The molecule has 2 aromatic rings. The van der Waals surface area contributed by atoms with Crippen molar-refractivity contribution in [2.24, 2.45) is 5.92 Å². The van der Waals surface area contributed by atoms with Gasteiger partial charge in [0.15, 0.2) is 11.0 Å². The summed E-state index contributed by atoms with van der Waals surface area (Å²) in [4.78, 5) is 13.8. The van der Waals surface area contributed by atoms with Crippen molar-refractivity contribution < 1.29 is 9.00 Å². The fourth-order valence-electron chi connectivity index (χ4n) is 3.65. The molecule has 0 spiro atoms. The van der Waals surface area contributed by atoms with Crippen LogP contribution >= 0.6 is 0 Å². The van der Waals surface area contributed by atoms with Crippen LogP contribution < -0.4 is 4.72 Å². The summed E-state index contributed by atoms with van der Waals surface area (Å²) in [7, 11) is -1.58. The molecular formula is C26H37NO2S. The Morgan fingerprint density at radius 3 is 1.87 bits per heavy atom. The second-order valence-corrected chi connectivity index (χ2v) is 10.2. The maximum absolute atomic E-state index is 13.4. The molecule has 0 fully saturated rings. The Labute approximate surface area is 185 Å². The second kappa shape index (κ2) is 10.9. The van der Waals surface area contributed by atoms with Crippen molar-refractivity contribution in [2.45, 2.75) is 84.0 Å². The van der Waals surface area contributed by atoms with Crippen molar-refractivity contribution in [3.8, 4) is 0 Å². The third kappa shape index (κ3) is 6.04. The summed E-state index contributed by atoms with van der Waals surface area (Å²) in [5, 5.41) is 0. The number of benzene rings is 2. The van der Waals surface area contributed by atoms with Crippen LogP contribution in [0.4, 0.5) is 0 Å². The standard InChI is InChI=1S/C26H37NO2S/c1-8-21(14-20-12-10-9-11-13-20)26(28)27-30(29)25-23(18(4)5)15-22(17(2)3)16-24(25)19(6)7/h9-13,15-19,21H,8,14H2,1-7H3,(H,27,28). The van der Waals surface area contributed by atoms with Crippen molar-refractivity contribution >= 4 is 16.9 Å². The number of amides is 1. The lowest BCUT2D eigenvalue weighted by Gasteiger charge is -2.23. The third-order valence-corrected chi connectivity index (χ3v) is 6.88. The average Bonchev–Trinajstić information content (AvgIpc) is 2.71. The Hall–Kier alpha value is -1.94. The van der Waals surface area contributed by atoms with E-state index in [0.717, 1.165) is 21.6 Å². The van der Waals surface area contributed by atoms with Crippen LogP contribution in [0.25, 0.3) is 0 Å². The van der Waals surface area contributed by atoms with Gasteiger partial charge in [-0.2, -0.15) is 0 Å². The number of rotatable bonds is 9. The first-order valence-electron chi connectivity index (χ1n) is 11.1. The van der Waals surface area contributed by atoms with Crippen molar-refractivity contribution in [1.82, 2.24) is 4.72 Å². The molecular weight excluding hydrogens is 390 g/mol. The molecule has 2 aromatic carbocycles. The second-order valence-electron chi connectivity index (χ2n) is 9.02. The van der Waals surface area contributed by atoms with Gasteiger partial charge in [-0.25, -0.2) is 4.21 Å². The van der Waals surface area contributed by atoms with Crippen molar-refractivity contribution in [2.75, 3.05) is 0 Å². The maximum Gasteiger partial charge on any atom is 0.235 e. The SMILES string of the molecule is CCC(Cc1ccccc1)C(=O)NS(=O)c1c(C(C)C)cc(C(C)C)cc1C(C)C. The van der Waals surface area contributed by atoms with Gasteiger partial charge in [0.25, 0.3) is 0 Å². The molecule has 0 saturated carbocycles. The summed E-state index contributed by atoms with van der Waals surface area (Å²) < 4.78 is 16.3. The zero-order valence-electron chi connectivity index (χ0n) is 19.5. The van der Waals surface area contributed by atoms with Gasteiger partial charge in [0.2, 0.25) is 5.91 Å². The summed E-state index contributed by atoms with van der Waals surface area (Å²) in [5.74, 6) is 0.507. The van der Waals surface area contributed by atoms with Gasteiger partial charge in [0, 0.05) is 5.92 Å². The van der Waals surface area contributed by atoms with Gasteiger partial charge in [-0.05, 0) is 52.8 Å². The van der Waals surface area contributed by atoms with Gasteiger partial charge in [-0.15, -0.1) is 0 Å². The van der Waals surface area contributed by atoms with Gasteiger partial charge in [0.1, 0.15) is 0 Å². The molecule has 1 N–H and O–H groups in total.